The number of hydrogen-bond donors (Lipinski definition) is 0. The number of unbranched alkanes of at least 4 members (excludes halogenated alkanes) is 1. The first-order chi connectivity index (χ1) is 6.37. The van der Waals surface area contributed by atoms with Gasteiger partial charge >= 0.3 is 0 Å². The summed E-state index contributed by atoms with van der Waals surface area (Å²) in [5.74, 6) is 0. The van der Waals surface area contributed by atoms with Gasteiger partial charge in [-0.1, -0.05) is 44.0 Å². The minimum atomic E-state index is 0.575. The average molecular weight is 173 g/mol. The van der Waals surface area contributed by atoms with Gasteiger partial charge in [-0.3, -0.25) is 0 Å². The van der Waals surface area contributed by atoms with Crippen LogP contribution in [-0.4, -0.2) is 0 Å². The monoisotopic (exact) mass is 173 g/mol. The van der Waals surface area contributed by atoms with Crippen LogP contribution in [0.2, 0.25) is 0 Å². The molecular formula is C13H17. The SMILES string of the molecule is CCCCC1(c2cc[c]cc2)CC1. The molecule has 1 radical (unpaired) electrons. The fourth-order valence-electron chi connectivity index (χ4n) is 2.09. The smallest absolute Gasteiger partial charge is 0.00463 e. The molecule has 1 aromatic carbocycles. The van der Waals surface area contributed by atoms with Crippen molar-refractivity contribution in [1.82, 2.24) is 0 Å². The van der Waals surface area contributed by atoms with Crippen molar-refractivity contribution < 1.29 is 0 Å². The maximum absolute atomic E-state index is 3.09. The van der Waals surface area contributed by atoms with Gasteiger partial charge in [0.1, 0.15) is 0 Å². The Morgan fingerprint density at radius 2 is 2.00 bits per heavy atom. The lowest BCUT2D eigenvalue weighted by Gasteiger charge is -2.14. The highest BCUT2D eigenvalue weighted by molar-refractivity contribution is 5.30. The molecule has 0 aromatic heterocycles. The summed E-state index contributed by atoms with van der Waals surface area (Å²) < 4.78 is 0. The maximum Gasteiger partial charge on any atom is -0.00463 e. The second-order valence-corrected chi connectivity index (χ2v) is 4.17. The van der Waals surface area contributed by atoms with Crippen LogP contribution in [-0.2, 0) is 5.41 Å². The molecule has 0 heterocycles. The maximum atomic E-state index is 3.09. The highest BCUT2D eigenvalue weighted by atomic mass is 14.5. The van der Waals surface area contributed by atoms with Gasteiger partial charge in [-0.2, -0.15) is 0 Å². The minimum Gasteiger partial charge on any atom is -0.0654 e. The molecule has 1 aliphatic carbocycles. The lowest BCUT2D eigenvalue weighted by Crippen LogP contribution is -2.05. The number of benzene rings is 1. The number of hydrogen-bond acceptors (Lipinski definition) is 0. The topological polar surface area (TPSA) is 0 Å². The predicted octanol–water partition coefficient (Wildman–Crippen LogP) is 3.71. The van der Waals surface area contributed by atoms with E-state index in [0.717, 1.165) is 0 Å². The largest absolute Gasteiger partial charge is 0.0654 e. The van der Waals surface area contributed by atoms with E-state index in [1.165, 1.54) is 32.1 Å². The van der Waals surface area contributed by atoms with Gasteiger partial charge in [0, 0.05) is 0 Å². The molecule has 0 unspecified atom stereocenters. The molecule has 0 saturated heterocycles. The van der Waals surface area contributed by atoms with Gasteiger partial charge in [0.15, 0.2) is 0 Å². The van der Waals surface area contributed by atoms with Crippen LogP contribution in [0.4, 0.5) is 0 Å². The van der Waals surface area contributed by atoms with E-state index >= 15 is 0 Å². The first-order valence-electron chi connectivity index (χ1n) is 5.34. The van der Waals surface area contributed by atoms with Crippen LogP contribution in [0.15, 0.2) is 24.3 Å². The van der Waals surface area contributed by atoms with Crippen molar-refractivity contribution in [2.75, 3.05) is 0 Å². The Kier molecular flexibility index (Phi) is 2.39. The van der Waals surface area contributed by atoms with E-state index < -0.39 is 0 Å². The van der Waals surface area contributed by atoms with Crippen molar-refractivity contribution in [2.45, 2.75) is 44.4 Å². The van der Waals surface area contributed by atoms with Gasteiger partial charge in [0.2, 0.25) is 0 Å². The lowest BCUT2D eigenvalue weighted by atomic mass is 9.91. The van der Waals surface area contributed by atoms with Crippen LogP contribution in [0.1, 0.15) is 44.6 Å². The molecule has 69 valence electrons. The average Bonchev–Trinajstić information content (AvgIpc) is 2.97. The lowest BCUT2D eigenvalue weighted by molar-refractivity contribution is 0.575. The molecule has 0 atom stereocenters. The van der Waals surface area contributed by atoms with Gasteiger partial charge in [0.25, 0.3) is 0 Å². The Morgan fingerprint density at radius 3 is 2.54 bits per heavy atom. The molecule has 0 spiro atoms. The van der Waals surface area contributed by atoms with Crippen LogP contribution >= 0.6 is 0 Å². The zero-order valence-electron chi connectivity index (χ0n) is 8.34. The molecular weight excluding hydrogens is 156 g/mol. The Balaban J connectivity index is 2.07. The van der Waals surface area contributed by atoms with Crippen molar-refractivity contribution in [2.24, 2.45) is 0 Å². The van der Waals surface area contributed by atoms with Crippen molar-refractivity contribution in [1.29, 1.82) is 0 Å². The molecule has 0 heteroatoms. The second-order valence-electron chi connectivity index (χ2n) is 4.17. The summed E-state index contributed by atoms with van der Waals surface area (Å²) in [4.78, 5) is 0. The molecule has 13 heavy (non-hydrogen) atoms. The van der Waals surface area contributed by atoms with Crippen molar-refractivity contribution in [3.8, 4) is 0 Å². The fraction of sp³-hybridized carbons (Fsp3) is 0.538. The number of rotatable bonds is 4. The van der Waals surface area contributed by atoms with Crippen molar-refractivity contribution in [3.63, 3.8) is 0 Å². The summed E-state index contributed by atoms with van der Waals surface area (Å²) in [5.41, 5.74) is 2.12. The molecule has 2 rings (SSSR count). The zero-order chi connectivity index (χ0) is 9.15. The predicted molar refractivity (Wildman–Crippen MR) is 55.7 cm³/mol. The van der Waals surface area contributed by atoms with E-state index in [2.05, 4.69) is 25.1 Å². The van der Waals surface area contributed by atoms with E-state index in [9.17, 15) is 0 Å². The first-order valence-corrected chi connectivity index (χ1v) is 5.34. The second kappa shape index (κ2) is 3.53. The molecule has 0 N–H and O–H groups in total. The van der Waals surface area contributed by atoms with E-state index in [4.69, 9.17) is 0 Å². The summed E-state index contributed by atoms with van der Waals surface area (Å²) in [6.45, 7) is 2.27. The van der Waals surface area contributed by atoms with E-state index in [1.54, 1.807) is 5.56 Å². The third-order valence-electron chi connectivity index (χ3n) is 3.19. The zero-order valence-corrected chi connectivity index (χ0v) is 8.34. The van der Waals surface area contributed by atoms with Crippen molar-refractivity contribution in [3.05, 3.63) is 35.9 Å². The van der Waals surface area contributed by atoms with Gasteiger partial charge in [0.05, 0.1) is 0 Å². The quantitative estimate of drug-likeness (QED) is 0.651. The molecule has 1 fully saturated rings. The summed E-state index contributed by atoms with van der Waals surface area (Å²) in [6, 6.07) is 11.7. The van der Waals surface area contributed by atoms with E-state index in [-0.39, 0.29) is 0 Å². The summed E-state index contributed by atoms with van der Waals surface area (Å²) >= 11 is 0. The third kappa shape index (κ3) is 1.77. The summed E-state index contributed by atoms with van der Waals surface area (Å²) in [5, 5.41) is 0. The van der Waals surface area contributed by atoms with Crippen LogP contribution in [0, 0.1) is 6.07 Å². The Labute approximate surface area is 81.0 Å². The standard InChI is InChI=1S/C13H17/c1-2-3-9-13(10-11-13)12-7-5-4-6-8-12/h5-8H,2-3,9-11H2,1H3. The van der Waals surface area contributed by atoms with Crippen LogP contribution in [0.25, 0.3) is 0 Å². The van der Waals surface area contributed by atoms with E-state index in [1.807, 2.05) is 12.1 Å². The van der Waals surface area contributed by atoms with Crippen LogP contribution in [0.3, 0.4) is 0 Å². The van der Waals surface area contributed by atoms with Gasteiger partial charge < -0.3 is 0 Å². The molecule has 0 nitrogen and oxygen atoms in total. The highest BCUT2D eigenvalue weighted by Gasteiger charge is 2.42. The first kappa shape index (κ1) is 8.80. The van der Waals surface area contributed by atoms with Gasteiger partial charge in [-0.05, 0) is 36.3 Å². The molecule has 0 aliphatic heterocycles. The Hall–Kier alpha value is -0.780. The van der Waals surface area contributed by atoms with E-state index in [0.29, 0.717) is 5.41 Å². The molecule has 1 saturated carbocycles. The minimum absolute atomic E-state index is 0.575. The van der Waals surface area contributed by atoms with Crippen LogP contribution in [0.5, 0.6) is 0 Å². The molecule has 0 bridgehead atoms. The summed E-state index contributed by atoms with van der Waals surface area (Å²) in [7, 11) is 0. The molecule has 1 aliphatic rings. The summed E-state index contributed by atoms with van der Waals surface area (Å²) in [6.07, 6.45) is 6.88. The molecule has 1 aromatic rings. The van der Waals surface area contributed by atoms with Gasteiger partial charge in [-0.25, -0.2) is 0 Å². The van der Waals surface area contributed by atoms with Crippen LogP contribution < -0.4 is 0 Å². The Bertz CT molecular complexity index is 257. The Morgan fingerprint density at radius 1 is 1.31 bits per heavy atom. The van der Waals surface area contributed by atoms with Gasteiger partial charge in [-0.15, -0.1) is 0 Å². The van der Waals surface area contributed by atoms with Crippen molar-refractivity contribution >= 4 is 0 Å². The fourth-order valence-corrected chi connectivity index (χ4v) is 2.09. The normalized spacial score (nSPS) is 18.5. The molecule has 0 amide bonds. The highest BCUT2D eigenvalue weighted by Crippen LogP contribution is 2.51. The third-order valence-corrected chi connectivity index (χ3v) is 3.19.